The average Bonchev–Trinajstić information content (AvgIpc) is 2.26. The summed E-state index contributed by atoms with van der Waals surface area (Å²) in [5.41, 5.74) is 5.23. The molecular formula is C10H19N3O2S. The van der Waals surface area contributed by atoms with Gasteiger partial charge in [-0.1, -0.05) is 19.1 Å². The Labute approximate surface area is 101 Å². The maximum absolute atomic E-state index is 11.7. The molecule has 0 aliphatic heterocycles. The molecule has 16 heavy (non-hydrogen) atoms. The summed E-state index contributed by atoms with van der Waals surface area (Å²) >= 11 is 4.61. The van der Waals surface area contributed by atoms with Crippen LogP contribution in [0.3, 0.4) is 0 Å². The largest absolute Gasteiger partial charge is 0.392 e. The summed E-state index contributed by atoms with van der Waals surface area (Å²) in [5.74, 6) is -1.19. The predicted octanol–water partition coefficient (Wildman–Crippen LogP) is 0.0357. The number of amides is 2. The van der Waals surface area contributed by atoms with E-state index in [1.165, 1.54) is 4.90 Å². The Morgan fingerprint density at radius 3 is 2.38 bits per heavy atom. The van der Waals surface area contributed by atoms with Gasteiger partial charge in [-0.3, -0.25) is 9.59 Å². The Bertz CT molecular complexity index is 281. The molecule has 0 heterocycles. The van der Waals surface area contributed by atoms with Crippen molar-refractivity contribution in [2.45, 2.75) is 33.2 Å². The molecule has 0 saturated carbocycles. The van der Waals surface area contributed by atoms with Gasteiger partial charge in [0.05, 0.1) is 11.5 Å². The van der Waals surface area contributed by atoms with Gasteiger partial charge in [-0.2, -0.15) is 0 Å². The van der Waals surface area contributed by atoms with Crippen LogP contribution in [0, 0.1) is 0 Å². The van der Waals surface area contributed by atoms with E-state index >= 15 is 0 Å². The quantitative estimate of drug-likeness (QED) is 0.529. The number of carbonyl (C=O) groups is 2. The van der Waals surface area contributed by atoms with Crippen LogP contribution < -0.4 is 11.1 Å². The average molecular weight is 245 g/mol. The highest BCUT2D eigenvalue weighted by Gasteiger charge is 2.23. The molecule has 1 atom stereocenters. The van der Waals surface area contributed by atoms with E-state index in [9.17, 15) is 9.59 Å². The lowest BCUT2D eigenvalue weighted by Crippen LogP contribution is -2.48. The smallest absolute Gasteiger partial charge is 0.312 e. The second-order valence-corrected chi connectivity index (χ2v) is 4.02. The van der Waals surface area contributed by atoms with Crippen LogP contribution in [0.1, 0.15) is 27.2 Å². The summed E-state index contributed by atoms with van der Waals surface area (Å²) in [6.07, 6.45) is 0.808. The van der Waals surface area contributed by atoms with Gasteiger partial charge in [0, 0.05) is 12.6 Å². The Morgan fingerprint density at radius 1 is 1.44 bits per heavy atom. The van der Waals surface area contributed by atoms with Crippen LogP contribution in [-0.2, 0) is 9.59 Å². The Hall–Kier alpha value is -1.17. The highest BCUT2D eigenvalue weighted by Crippen LogP contribution is 2.03. The summed E-state index contributed by atoms with van der Waals surface area (Å²) in [6, 6.07) is 0.0491. The summed E-state index contributed by atoms with van der Waals surface area (Å²) in [6.45, 7) is 6.27. The van der Waals surface area contributed by atoms with Gasteiger partial charge in [-0.05, 0) is 20.3 Å². The molecule has 0 saturated heterocycles. The van der Waals surface area contributed by atoms with Gasteiger partial charge in [0.15, 0.2) is 0 Å². The first-order chi connectivity index (χ1) is 7.43. The van der Waals surface area contributed by atoms with Gasteiger partial charge in [0.25, 0.3) is 0 Å². The van der Waals surface area contributed by atoms with E-state index in [0.29, 0.717) is 6.54 Å². The third-order valence-corrected chi connectivity index (χ3v) is 2.49. The summed E-state index contributed by atoms with van der Waals surface area (Å²) in [5, 5.41) is 2.38. The van der Waals surface area contributed by atoms with Gasteiger partial charge in [0.2, 0.25) is 0 Å². The summed E-state index contributed by atoms with van der Waals surface area (Å²) in [4.78, 5) is 24.9. The van der Waals surface area contributed by atoms with Crippen LogP contribution in [0.5, 0.6) is 0 Å². The third-order valence-electron chi connectivity index (χ3n) is 2.34. The molecule has 0 radical (unpaired) electrons. The normalized spacial score (nSPS) is 11.7. The van der Waals surface area contributed by atoms with Crippen molar-refractivity contribution in [3.8, 4) is 0 Å². The molecule has 0 aromatic carbocycles. The molecule has 0 fully saturated rings. The monoisotopic (exact) mass is 245 g/mol. The van der Waals surface area contributed by atoms with Crippen LogP contribution in [0.4, 0.5) is 0 Å². The fourth-order valence-electron chi connectivity index (χ4n) is 1.25. The van der Waals surface area contributed by atoms with Gasteiger partial charge in [-0.25, -0.2) is 0 Å². The minimum absolute atomic E-state index is 0.0491. The van der Waals surface area contributed by atoms with Crippen LogP contribution in [0.15, 0.2) is 0 Å². The second kappa shape index (κ2) is 7.16. The van der Waals surface area contributed by atoms with Crippen LogP contribution in [-0.4, -0.2) is 40.8 Å². The topological polar surface area (TPSA) is 75.4 Å². The SMILES string of the molecule is CCC(C)N(CC)C(=O)C(=O)NCC(N)=S. The Kier molecular flexibility index (Phi) is 6.64. The molecule has 1 unspecified atom stereocenters. The maximum atomic E-state index is 11.7. The molecule has 2 amide bonds. The second-order valence-electron chi connectivity index (χ2n) is 3.50. The summed E-state index contributed by atoms with van der Waals surface area (Å²) in [7, 11) is 0. The van der Waals surface area contributed by atoms with Gasteiger partial charge in [-0.15, -0.1) is 0 Å². The van der Waals surface area contributed by atoms with Crippen molar-refractivity contribution in [2.24, 2.45) is 5.73 Å². The lowest BCUT2D eigenvalue weighted by molar-refractivity contribution is -0.146. The number of nitrogens with zero attached hydrogens (tertiary/aromatic N) is 1. The van der Waals surface area contributed by atoms with E-state index in [2.05, 4.69) is 17.5 Å². The molecule has 0 spiro atoms. The molecule has 0 rings (SSSR count). The minimum atomic E-state index is -0.657. The number of nitrogens with two attached hydrogens (primary N) is 1. The number of carbonyl (C=O) groups excluding carboxylic acids is 2. The van der Waals surface area contributed by atoms with E-state index in [0.717, 1.165) is 6.42 Å². The van der Waals surface area contributed by atoms with E-state index < -0.39 is 11.8 Å². The number of nitrogens with one attached hydrogen (secondary N) is 1. The Morgan fingerprint density at radius 2 is 2.00 bits per heavy atom. The lowest BCUT2D eigenvalue weighted by Gasteiger charge is -2.26. The van der Waals surface area contributed by atoms with E-state index in [4.69, 9.17) is 5.73 Å². The van der Waals surface area contributed by atoms with Crippen molar-refractivity contribution >= 4 is 29.0 Å². The molecule has 0 aliphatic carbocycles. The van der Waals surface area contributed by atoms with E-state index in [-0.39, 0.29) is 17.6 Å². The fraction of sp³-hybridized carbons (Fsp3) is 0.700. The Balaban J connectivity index is 4.39. The van der Waals surface area contributed by atoms with Gasteiger partial charge < -0.3 is 16.0 Å². The highest BCUT2D eigenvalue weighted by molar-refractivity contribution is 7.80. The number of rotatable bonds is 5. The maximum Gasteiger partial charge on any atom is 0.312 e. The first kappa shape index (κ1) is 14.8. The predicted molar refractivity (Wildman–Crippen MR) is 66.9 cm³/mol. The lowest BCUT2D eigenvalue weighted by atomic mass is 10.2. The first-order valence-electron chi connectivity index (χ1n) is 5.31. The fourth-order valence-corrected chi connectivity index (χ4v) is 1.32. The number of hydrogen-bond acceptors (Lipinski definition) is 3. The molecule has 5 nitrogen and oxygen atoms in total. The van der Waals surface area contributed by atoms with Crippen LogP contribution in [0.25, 0.3) is 0 Å². The summed E-state index contributed by atoms with van der Waals surface area (Å²) < 4.78 is 0. The molecular weight excluding hydrogens is 226 g/mol. The zero-order valence-electron chi connectivity index (χ0n) is 9.95. The number of likely N-dealkylation sites (N-methyl/N-ethyl adjacent to an activating group) is 1. The zero-order valence-corrected chi connectivity index (χ0v) is 10.8. The first-order valence-corrected chi connectivity index (χ1v) is 5.71. The zero-order chi connectivity index (χ0) is 12.7. The van der Waals surface area contributed by atoms with Gasteiger partial charge >= 0.3 is 11.8 Å². The van der Waals surface area contributed by atoms with Crippen molar-refractivity contribution in [1.29, 1.82) is 0 Å². The number of thiocarbonyl (C=S) groups is 1. The minimum Gasteiger partial charge on any atom is -0.392 e. The van der Waals surface area contributed by atoms with E-state index in [1.807, 2.05) is 20.8 Å². The molecule has 92 valence electrons. The molecule has 0 aliphatic rings. The molecule has 3 N–H and O–H groups in total. The third kappa shape index (κ3) is 4.57. The van der Waals surface area contributed by atoms with Crippen molar-refractivity contribution in [3.63, 3.8) is 0 Å². The van der Waals surface area contributed by atoms with Crippen molar-refractivity contribution in [1.82, 2.24) is 10.2 Å². The van der Waals surface area contributed by atoms with Crippen molar-refractivity contribution in [3.05, 3.63) is 0 Å². The van der Waals surface area contributed by atoms with Crippen molar-refractivity contribution < 1.29 is 9.59 Å². The molecule has 0 bridgehead atoms. The molecule has 0 aromatic rings. The van der Waals surface area contributed by atoms with Gasteiger partial charge in [0.1, 0.15) is 0 Å². The van der Waals surface area contributed by atoms with Crippen molar-refractivity contribution in [2.75, 3.05) is 13.1 Å². The van der Waals surface area contributed by atoms with E-state index in [1.54, 1.807) is 0 Å². The molecule has 0 aromatic heterocycles. The van der Waals surface area contributed by atoms with Crippen LogP contribution in [0.2, 0.25) is 0 Å². The number of hydrogen-bond donors (Lipinski definition) is 2. The standard InChI is InChI=1S/C10H19N3O2S/c1-4-7(3)13(5-2)10(15)9(14)12-6-8(11)16/h7H,4-6H2,1-3H3,(H2,11,16)(H,12,14). The van der Waals surface area contributed by atoms with Crippen LogP contribution >= 0.6 is 12.2 Å². The molecule has 6 heteroatoms. The highest BCUT2D eigenvalue weighted by atomic mass is 32.1.